The van der Waals surface area contributed by atoms with Crippen LogP contribution in [0.15, 0.2) is 38.6 Å². The molecule has 1 aliphatic rings. The third-order valence-corrected chi connectivity index (χ3v) is 6.82. The van der Waals surface area contributed by atoms with Gasteiger partial charge in [0.2, 0.25) is 5.82 Å². The van der Waals surface area contributed by atoms with Crippen molar-refractivity contribution in [3.05, 3.63) is 82.5 Å². The summed E-state index contributed by atoms with van der Waals surface area (Å²) in [5, 5.41) is 15.1. The molecule has 0 saturated heterocycles. The first kappa shape index (κ1) is 23.3. The number of hydrogen-bond acceptors (Lipinski definition) is 9. The summed E-state index contributed by atoms with van der Waals surface area (Å²) < 4.78 is 0. The van der Waals surface area contributed by atoms with E-state index in [0.29, 0.717) is 34.7 Å². The van der Waals surface area contributed by atoms with Gasteiger partial charge in [-0.1, -0.05) is 24.3 Å². The standard InChI is InChI=1S/C13H15N3O2.C10H8N2O3S/c1-15-10-11(13(18)12(10)17)16-7-9-4-2-3-8(5-9)6-14;13-8-6-4-2-1-3-5(4)16-9(6)12-7(11-8)10(14)15/h2-5,15-16H,6-7,14H2,1H3;1-3H2,(H,14,15)(H,11,12,13). The number of H-pyrrole nitrogens is 1. The van der Waals surface area contributed by atoms with Gasteiger partial charge in [0.25, 0.3) is 16.4 Å². The molecule has 2 aromatic heterocycles. The van der Waals surface area contributed by atoms with E-state index in [-0.39, 0.29) is 11.4 Å². The first-order chi connectivity index (χ1) is 16.3. The first-order valence-corrected chi connectivity index (χ1v) is 11.5. The fourth-order valence-corrected chi connectivity index (χ4v) is 5.22. The maximum atomic E-state index is 11.8. The van der Waals surface area contributed by atoms with Crippen molar-refractivity contribution in [3.8, 4) is 0 Å². The van der Waals surface area contributed by atoms with Crippen LogP contribution in [0.2, 0.25) is 0 Å². The second-order valence-corrected chi connectivity index (χ2v) is 8.88. The Morgan fingerprint density at radius 2 is 1.91 bits per heavy atom. The number of aryl methyl sites for hydroxylation is 2. The summed E-state index contributed by atoms with van der Waals surface area (Å²) in [5.41, 5.74) is 8.14. The van der Waals surface area contributed by atoms with Crippen LogP contribution >= 0.6 is 11.3 Å². The number of carboxylic acid groups (broad SMARTS) is 1. The Balaban J connectivity index is 0.000000162. The van der Waals surface area contributed by atoms with Gasteiger partial charge in [-0.15, -0.1) is 11.3 Å². The fraction of sp³-hybridized carbons (Fsp3) is 0.261. The minimum Gasteiger partial charge on any atom is -0.475 e. The number of aromatic amines is 1. The van der Waals surface area contributed by atoms with Crippen LogP contribution in [-0.2, 0) is 25.9 Å². The second kappa shape index (κ2) is 9.57. The Bertz CT molecular complexity index is 1510. The summed E-state index contributed by atoms with van der Waals surface area (Å²) in [7, 11) is 1.62. The molecule has 6 N–H and O–H groups in total. The average molecular weight is 482 g/mol. The van der Waals surface area contributed by atoms with Crippen molar-refractivity contribution in [2.75, 3.05) is 17.7 Å². The minimum absolute atomic E-state index is 0.280. The van der Waals surface area contributed by atoms with Gasteiger partial charge in [0.1, 0.15) is 16.2 Å². The van der Waals surface area contributed by atoms with Crippen molar-refractivity contribution in [1.82, 2.24) is 9.97 Å². The van der Waals surface area contributed by atoms with Gasteiger partial charge in [-0.2, -0.15) is 0 Å². The molecule has 0 fully saturated rings. The molecule has 0 amide bonds. The van der Waals surface area contributed by atoms with Crippen LogP contribution in [0, 0.1) is 0 Å². The van der Waals surface area contributed by atoms with E-state index in [9.17, 15) is 19.2 Å². The van der Waals surface area contributed by atoms with Gasteiger partial charge < -0.3 is 26.5 Å². The lowest BCUT2D eigenvalue weighted by atomic mass is 10.1. The van der Waals surface area contributed by atoms with E-state index in [0.717, 1.165) is 36.0 Å². The lowest BCUT2D eigenvalue weighted by Gasteiger charge is -2.12. The minimum atomic E-state index is -1.20. The summed E-state index contributed by atoms with van der Waals surface area (Å²) in [4.78, 5) is 53.0. The van der Waals surface area contributed by atoms with Crippen molar-refractivity contribution >= 4 is 38.9 Å². The average Bonchev–Trinajstić information content (AvgIpc) is 3.42. The number of benzene rings is 1. The molecule has 0 aliphatic heterocycles. The second-order valence-electron chi connectivity index (χ2n) is 7.79. The molecule has 176 valence electrons. The molecule has 11 heteroatoms. The highest BCUT2D eigenvalue weighted by Crippen LogP contribution is 2.34. The Hall–Kier alpha value is -3.83. The monoisotopic (exact) mass is 481 g/mol. The van der Waals surface area contributed by atoms with Crippen LogP contribution in [0.25, 0.3) is 10.2 Å². The lowest BCUT2D eigenvalue weighted by Crippen LogP contribution is -2.36. The molecule has 2 aromatic carbocycles. The maximum absolute atomic E-state index is 11.8. The molecule has 2 heterocycles. The van der Waals surface area contributed by atoms with E-state index >= 15 is 0 Å². The van der Waals surface area contributed by atoms with Gasteiger partial charge >= 0.3 is 5.97 Å². The zero-order valence-electron chi connectivity index (χ0n) is 18.4. The molecule has 0 bridgehead atoms. The van der Waals surface area contributed by atoms with Crippen molar-refractivity contribution in [1.29, 1.82) is 0 Å². The molecule has 0 unspecified atom stereocenters. The smallest absolute Gasteiger partial charge is 0.372 e. The van der Waals surface area contributed by atoms with Gasteiger partial charge in [0, 0.05) is 25.0 Å². The third kappa shape index (κ3) is 4.35. The zero-order valence-corrected chi connectivity index (χ0v) is 19.2. The predicted molar refractivity (Wildman–Crippen MR) is 132 cm³/mol. The van der Waals surface area contributed by atoms with E-state index in [1.807, 2.05) is 24.3 Å². The summed E-state index contributed by atoms with van der Waals surface area (Å²) in [6.45, 7) is 0.975. The number of thiophene rings is 1. The highest BCUT2D eigenvalue weighted by molar-refractivity contribution is 7.18. The summed E-state index contributed by atoms with van der Waals surface area (Å²) in [6, 6.07) is 7.77. The number of hydrogen-bond donors (Lipinski definition) is 5. The summed E-state index contributed by atoms with van der Waals surface area (Å²) in [5.74, 6) is -1.48. The number of rotatable bonds is 6. The Kier molecular flexibility index (Phi) is 6.57. The van der Waals surface area contributed by atoms with Gasteiger partial charge in [-0.25, -0.2) is 9.78 Å². The molecule has 5 rings (SSSR count). The molecule has 0 spiro atoms. The van der Waals surface area contributed by atoms with Gasteiger partial charge in [-0.3, -0.25) is 14.4 Å². The van der Waals surface area contributed by atoms with Gasteiger partial charge in [-0.05, 0) is 36.0 Å². The van der Waals surface area contributed by atoms with Crippen LogP contribution < -0.4 is 32.8 Å². The summed E-state index contributed by atoms with van der Waals surface area (Å²) >= 11 is 1.44. The topological polar surface area (TPSA) is 167 Å². The van der Waals surface area contributed by atoms with E-state index in [2.05, 4.69) is 20.6 Å². The number of nitrogens with two attached hydrogens (primary N) is 1. The quantitative estimate of drug-likeness (QED) is 0.257. The third-order valence-electron chi connectivity index (χ3n) is 5.63. The SMILES string of the molecule is CNc1c(NCc2cccc(CN)c2)c(=O)c1=O.O=C(O)c1nc2sc3c(c2c(=O)[nH]1)CCC3. The normalized spacial score (nSPS) is 12.3. The van der Waals surface area contributed by atoms with Crippen LogP contribution in [0.3, 0.4) is 0 Å². The number of nitrogens with one attached hydrogen (secondary N) is 3. The molecule has 4 aromatic rings. The van der Waals surface area contributed by atoms with Crippen LogP contribution in [0.4, 0.5) is 11.4 Å². The van der Waals surface area contributed by atoms with Gasteiger partial charge in [0.05, 0.1) is 5.39 Å². The molecule has 0 saturated carbocycles. The number of carboxylic acids is 1. The number of nitrogens with zero attached hydrogens (tertiary/aromatic N) is 1. The number of aromatic nitrogens is 2. The zero-order chi connectivity index (χ0) is 24.4. The molecule has 0 atom stereocenters. The largest absolute Gasteiger partial charge is 0.475 e. The van der Waals surface area contributed by atoms with E-state index < -0.39 is 16.8 Å². The van der Waals surface area contributed by atoms with E-state index in [1.54, 1.807) is 7.05 Å². The number of aromatic carboxylic acids is 1. The first-order valence-electron chi connectivity index (χ1n) is 10.6. The molecule has 0 radical (unpaired) electrons. The molecular weight excluding hydrogens is 458 g/mol. The van der Waals surface area contributed by atoms with Crippen LogP contribution in [0.5, 0.6) is 0 Å². The molecular formula is C23H23N5O5S. The molecule has 10 nitrogen and oxygen atoms in total. The van der Waals surface area contributed by atoms with E-state index in [4.69, 9.17) is 10.8 Å². The highest BCUT2D eigenvalue weighted by atomic mass is 32.1. The predicted octanol–water partition coefficient (Wildman–Crippen LogP) is 1.57. The van der Waals surface area contributed by atoms with Crippen molar-refractivity contribution < 1.29 is 9.90 Å². The Labute approximate surface area is 197 Å². The number of carbonyl (C=O) groups is 1. The Morgan fingerprint density at radius 3 is 2.62 bits per heavy atom. The maximum Gasteiger partial charge on any atom is 0.372 e. The van der Waals surface area contributed by atoms with E-state index in [1.165, 1.54) is 16.2 Å². The van der Waals surface area contributed by atoms with Crippen molar-refractivity contribution in [2.24, 2.45) is 5.73 Å². The number of anilines is 2. The van der Waals surface area contributed by atoms with Crippen molar-refractivity contribution in [2.45, 2.75) is 32.4 Å². The van der Waals surface area contributed by atoms with Crippen LogP contribution in [-0.4, -0.2) is 28.1 Å². The fourth-order valence-electron chi connectivity index (χ4n) is 3.96. The Morgan fingerprint density at radius 1 is 1.18 bits per heavy atom. The molecule has 34 heavy (non-hydrogen) atoms. The molecule has 1 aliphatic carbocycles. The van der Waals surface area contributed by atoms with Crippen LogP contribution in [0.1, 0.15) is 38.6 Å². The lowest BCUT2D eigenvalue weighted by molar-refractivity contribution is 0.0683. The number of fused-ring (bicyclic) bond motifs is 3. The van der Waals surface area contributed by atoms with Gasteiger partial charge in [0.15, 0.2) is 0 Å². The highest BCUT2D eigenvalue weighted by Gasteiger charge is 2.22. The van der Waals surface area contributed by atoms with Crippen molar-refractivity contribution in [3.63, 3.8) is 0 Å². The summed E-state index contributed by atoms with van der Waals surface area (Å²) in [6.07, 6.45) is 2.93.